The molecule has 0 amide bonds. The maximum absolute atomic E-state index is 11.0. The van der Waals surface area contributed by atoms with E-state index in [2.05, 4.69) is 26.8 Å². The summed E-state index contributed by atoms with van der Waals surface area (Å²) in [6.45, 7) is 9.24. The van der Waals surface area contributed by atoms with Crippen LogP contribution in [0, 0.1) is 17.3 Å². The SMILES string of the molecule is CC(=O)OC[C@@]12CC=C(C)[C@H]([C@H](C)OC1)[C@@H]2C. The summed E-state index contributed by atoms with van der Waals surface area (Å²) in [5.41, 5.74) is 1.41. The molecule has 1 saturated heterocycles. The van der Waals surface area contributed by atoms with Crippen LogP contribution < -0.4 is 0 Å². The molecule has 1 aliphatic carbocycles. The van der Waals surface area contributed by atoms with Crippen LogP contribution in [0.3, 0.4) is 0 Å². The molecular formula is C14H22O3. The molecule has 0 saturated carbocycles. The summed E-state index contributed by atoms with van der Waals surface area (Å²) in [4.78, 5) is 11.0. The van der Waals surface area contributed by atoms with Gasteiger partial charge in [0.2, 0.25) is 0 Å². The van der Waals surface area contributed by atoms with Crippen LogP contribution in [0.1, 0.15) is 34.1 Å². The smallest absolute Gasteiger partial charge is 0.302 e. The molecule has 2 aliphatic rings. The van der Waals surface area contributed by atoms with Gasteiger partial charge in [0.25, 0.3) is 0 Å². The molecule has 3 heteroatoms. The molecule has 0 radical (unpaired) electrons. The summed E-state index contributed by atoms with van der Waals surface area (Å²) in [7, 11) is 0. The van der Waals surface area contributed by atoms with Gasteiger partial charge in [0.15, 0.2) is 0 Å². The van der Waals surface area contributed by atoms with Crippen molar-refractivity contribution < 1.29 is 14.3 Å². The van der Waals surface area contributed by atoms with Crippen molar-refractivity contribution in [2.24, 2.45) is 17.3 Å². The lowest BCUT2D eigenvalue weighted by molar-refractivity contribution is -0.165. The van der Waals surface area contributed by atoms with E-state index in [4.69, 9.17) is 9.47 Å². The Kier molecular flexibility index (Phi) is 3.30. The average molecular weight is 238 g/mol. The lowest BCUT2D eigenvalue weighted by Gasteiger charge is -2.51. The van der Waals surface area contributed by atoms with Crippen LogP contribution >= 0.6 is 0 Å². The van der Waals surface area contributed by atoms with E-state index in [1.807, 2.05) is 0 Å². The van der Waals surface area contributed by atoms with Crippen LogP contribution in [-0.2, 0) is 14.3 Å². The quantitative estimate of drug-likeness (QED) is 0.548. The zero-order valence-corrected chi connectivity index (χ0v) is 11.2. The van der Waals surface area contributed by atoms with Crippen molar-refractivity contribution in [1.29, 1.82) is 0 Å². The highest BCUT2D eigenvalue weighted by Crippen LogP contribution is 2.49. The van der Waals surface area contributed by atoms with E-state index in [-0.39, 0.29) is 17.5 Å². The Morgan fingerprint density at radius 2 is 2.29 bits per heavy atom. The second-order valence-electron chi connectivity index (χ2n) is 5.63. The second-order valence-corrected chi connectivity index (χ2v) is 5.63. The molecule has 1 aliphatic heterocycles. The molecule has 2 rings (SSSR count). The van der Waals surface area contributed by atoms with Gasteiger partial charge in [0.05, 0.1) is 19.3 Å². The predicted octanol–water partition coefficient (Wildman–Crippen LogP) is 2.56. The molecule has 0 aromatic rings. The Morgan fingerprint density at radius 1 is 1.59 bits per heavy atom. The lowest BCUT2D eigenvalue weighted by Crippen LogP contribution is -2.52. The minimum Gasteiger partial charge on any atom is -0.465 e. The van der Waals surface area contributed by atoms with Crippen molar-refractivity contribution in [2.45, 2.75) is 40.2 Å². The van der Waals surface area contributed by atoms with E-state index in [0.717, 1.165) is 6.42 Å². The van der Waals surface area contributed by atoms with E-state index in [0.29, 0.717) is 25.0 Å². The Hall–Kier alpha value is -0.830. The van der Waals surface area contributed by atoms with Gasteiger partial charge in [0, 0.05) is 18.3 Å². The van der Waals surface area contributed by atoms with Crippen molar-refractivity contribution in [3.8, 4) is 0 Å². The molecule has 17 heavy (non-hydrogen) atoms. The van der Waals surface area contributed by atoms with Gasteiger partial charge in [-0.25, -0.2) is 0 Å². The Labute approximate surface area is 103 Å². The molecular weight excluding hydrogens is 216 g/mol. The molecule has 4 atom stereocenters. The average Bonchev–Trinajstić information content (AvgIpc) is 2.26. The number of hydrogen-bond donors (Lipinski definition) is 0. The van der Waals surface area contributed by atoms with Crippen molar-refractivity contribution in [3.05, 3.63) is 11.6 Å². The van der Waals surface area contributed by atoms with Gasteiger partial charge < -0.3 is 9.47 Å². The van der Waals surface area contributed by atoms with E-state index in [1.54, 1.807) is 0 Å². The largest absolute Gasteiger partial charge is 0.465 e. The first-order valence-corrected chi connectivity index (χ1v) is 6.38. The Balaban J connectivity index is 2.21. The van der Waals surface area contributed by atoms with Crippen LogP contribution in [0.5, 0.6) is 0 Å². The first-order valence-electron chi connectivity index (χ1n) is 6.38. The number of fused-ring (bicyclic) bond motifs is 2. The van der Waals surface area contributed by atoms with Gasteiger partial charge in [-0.15, -0.1) is 0 Å². The first kappa shape index (κ1) is 12.6. The van der Waals surface area contributed by atoms with E-state index in [9.17, 15) is 4.79 Å². The molecule has 96 valence electrons. The molecule has 3 nitrogen and oxygen atoms in total. The van der Waals surface area contributed by atoms with Crippen LogP contribution in [0.25, 0.3) is 0 Å². The number of rotatable bonds is 2. The number of ether oxygens (including phenoxy) is 2. The summed E-state index contributed by atoms with van der Waals surface area (Å²) in [6, 6.07) is 0. The molecule has 2 bridgehead atoms. The van der Waals surface area contributed by atoms with Crippen LogP contribution in [0.15, 0.2) is 11.6 Å². The Bertz CT molecular complexity index is 347. The van der Waals surface area contributed by atoms with Crippen LogP contribution in [-0.4, -0.2) is 25.3 Å². The third-order valence-corrected chi connectivity index (χ3v) is 4.56. The highest BCUT2D eigenvalue weighted by atomic mass is 16.5. The zero-order chi connectivity index (χ0) is 12.6. The van der Waals surface area contributed by atoms with Gasteiger partial charge in [-0.1, -0.05) is 18.6 Å². The molecule has 1 fully saturated rings. The van der Waals surface area contributed by atoms with Crippen molar-refractivity contribution in [1.82, 2.24) is 0 Å². The number of allylic oxidation sites excluding steroid dienone is 1. The zero-order valence-electron chi connectivity index (χ0n) is 11.2. The fraction of sp³-hybridized carbons (Fsp3) is 0.786. The van der Waals surface area contributed by atoms with Crippen LogP contribution in [0.4, 0.5) is 0 Å². The number of carbonyl (C=O) groups is 1. The number of hydrogen-bond acceptors (Lipinski definition) is 3. The standard InChI is InChI=1S/C14H22O3/c1-9-5-6-14(8-17-12(4)15)7-16-11(3)13(9)10(14)2/h5,10-11,13H,6-8H2,1-4H3/t10-,11-,13-,14+/m0/s1. The third kappa shape index (κ3) is 2.13. The summed E-state index contributed by atoms with van der Waals surface area (Å²) < 4.78 is 11.1. The fourth-order valence-electron chi connectivity index (χ4n) is 3.31. The highest BCUT2D eigenvalue weighted by Gasteiger charge is 2.49. The first-order chi connectivity index (χ1) is 7.96. The van der Waals surface area contributed by atoms with Gasteiger partial charge in [0.1, 0.15) is 0 Å². The molecule has 0 spiro atoms. The van der Waals surface area contributed by atoms with E-state index < -0.39 is 0 Å². The van der Waals surface area contributed by atoms with Crippen molar-refractivity contribution >= 4 is 5.97 Å². The molecule has 0 N–H and O–H groups in total. The number of esters is 1. The number of carbonyl (C=O) groups excluding carboxylic acids is 1. The summed E-state index contributed by atoms with van der Waals surface area (Å²) in [5, 5.41) is 0. The second kappa shape index (κ2) is 4.45. The summed E-state index contributed by atoms with van der Waals surface area (Å²) in [5.74, 6) is 0.775. The van der Waals surface area contributed by atoms with Crippen molar-refractivity contribution in [3.63, 3.8) is 0 Å². The third-order valence-electron chi connectivity index (χ3n) is 4.56. The van der Waals surface area contributed by atoms with Gasteiger partial charge in [-0.3, -0.25) is 4.79 Å². The van der Waals surface area contributed by atoms with E-state index >= 15 is 0 Å². The maximum atomic E-state index is 11.0. The minimum atomic E-state index is -0.201. The van der Waals surface area contributed by atoms with Gasteiger partial charge >= 0.3 is 5.97 Å². The van der Waals surface area contributed by atoms with Gasteiger partial charge in [-0.05, 0) is 26.2 Å². The summed E-state index contributed by atoms with van der Waals surface area (Å²) >= 11 is 0. The maximum Gasteiger partial charge on any atom is 0.302 e. The monoisotopic (exact) mass is 238 g/mol. The molecule has 0 unspecified atom stereocenters. The highest BCUT2D eigenvalue weighted by molar-refractivity contribution is 5.65. The lowest BCUT2D eigenvalue weighted by atomic mass is 9.60. The fourth-order valence-corrected chi connectivity index (χ4v) is 3.31. The molecule has 0 aromatic carbocycles. The predicted molar refractivity (Wildman–Crippen MR) is 65.5 cm³/mol. The van der Waals surface area contributed by atoms with Crippen molar-refractivity contribution in [2.75, 3.05) is 13.2 Å². The minimum absolute atomic E-state index is 0.0116. The topological polar surface area (TPSA) is 35.5 Å². The normalized spacial score (nSPS) is 40.7. The van der Waals surface area contributed by atoms with E-state index in [1.165, 1.54) is 12.5 Å². The molecule has 0 aromatic heterocycles. The van der Waals surface area contributed by atoms with Crippen LogP contribution in [0.2, 0.25) is 0 Å². The van der Waals surface area contributed by atoms with Gasteiger partial charge in [-0.2, -0.15) is 0 Å². The summed E-state index contributed by atoms with van der Waals surface area (Å²) in [6.07, 6.45) is 3.52. The Morgan fingerprint density at radius 3 is 2.94 bits per heavy atom. The molecule has 1 heterocycles.